The lowest BCUT2D eigenvalue weighted by Crippen LogP contribution is -2.30. The number of benzene rings is 1. The number of rotatable bonds is 5. The average molecular weight is 415 g/mol. The van der Waals surface area contributed by atoms with Gasteiger partial charge in [0.2, 0.25) is 0 Å². The van der Waals surface area contributed by atoms with E-state index >= 15 is 0 Å². The minimum absolute atomic E-state index is 0.116. The Labute approximate surface area is 176 Å². The van der Waals surface area contributed by atoms with E-state index in [1.54, 1.807) is 6.07 Å². The van der Waals surface area contributed by atoms with Gasteiger partial charge in [-0.25, -0.2) is 0 Å². The van der Waals surface area contributed by atoms with Crippen LogP contribution in [-0.4, -0.2) is 30.1 Å². The number of carbonyl (C=O) groups is 2. The number of hydrogen-bond donors (Lipinski definition) is 3. The predicted molar refractivity (Wildman–Crippen MR) is 118 cm³/mol. The molecule has 6 heteroatoms. The van der Waals surface area contributed by atoms with Crippen LogP contribution < -0.4 is 10.6 Å². The van der Waals surface area contributed by atoms with Crippen molar-refractivity contribution in [3.8, 4) is 0 Å². The molecule has 0 spiro atoms. The summed E-state index contributed by atoms with van der Waals surface area (Å²) in [6.07, 6.45) is 2.78. The smallest absolute Gasteiger partial charge is 0.256 e. The van der Waals surface area contributed by atoms with Crippen LogP contribution in [0.2, 0.25) is 0 Å². The summed E-state index contributed by atoms with van der Waals surface area (Å²) in [6, 6.07) is 7.43. The second-order valence-corrected chi connectivity index (χ2v) is 9.87. The van der Waals surface area contributed by atoms with E-state index in [-0.39, 0.29) is 30.4 Å². The van der Waals surface area contributed by atoms with E-state index in [0.29, 0.717) is 22.0 Å². The highest BCUT2D eigenvalue weighted by Gasteiger charge is 2.34. The fraction of sp³-hybridized carbons (Fsp3) is 0.478. The van der Waals surface area contributed by atoms with Crippen molar-refractivity contribution in [3.05, 3.63) is 51.4 Å². The highest BCUT2D eigenvalue weighted by atomic mass is 32.1. The van der Waals surface area contributed by atoms with Crippen molar-refractivity contribution in [2.45, 2.75) is 47.0 Å². The summed E-state index contributed by atoms with van der Waals surface area (Å²) in [4.78, 5) is 26.9. The van der Waals surface area contributed by atoms with Crippen molar-refractivity contribution < 1.29 is 14.7 Å². The zero-order chi connectivity index (χ0) is 21.2. The maximum atomic E-state index is 12.9. The Hall–Kier alpha value is -2.18. The molecule has 0 fully saturated rings. The third-order valence-electron chi connectivity index (χ3n) is 5.73. The van der Waals surface area contributed by atoms with Crippen molar-refractivity contribution in [1.29, 1.82) is 0 Å². The van der Waals surface area contributed by atoms with Gasteiger partial charge >= 0.3 is 0 Å². The second kappa shape index (κ2) is 8.67. The van der Waals surface area contributed by atoms with Gasteiger partial charge in [0.1, 0.15) is 5.00 Å². The molecule has 1 atom stereocenters. The third kappa shape index (κ3) is 4.70. The summed E-state index contributed by atoms with van der Waals surface area (Å²) in [5.41, 5.74) is 3.31. The van der Waals surface area contributed by atoms with Crippen molar-refractivity contribution >= 4 is 28.2 Å². The summed E-state index contributed by atoms with van der Waals surface area (Å²) in [5, 5.41) is 15.4. The highest BCUT2D eigenvalue weighted by Crippen LogP contribution is 2.44. The van der Waals surface area contributed by atoms with Crippen LogP contribution in [0.15, 0.2) is 24.3 Å². The molecule has 29 heavy (non-hydrogen) atoms. The highest BCUT2D eigenvalue weighted by molar-refractivity contribution is 7.17. The second-order valence-electron chi connectivity index (χ2n) is 8.76. The Morgan fingerprint density at radius 1 is 1.21 bits per heavy atom. The monoisotopic (exact) mass is 414 g/mol. The van der Waals surface area contributed by atoms with Crippen molar-refractivity contribution in [2.75, 3.05) is 18.5 Å². The van der Waals surface area contributed by atoms with Gasteiger partial charge in [0.15, 0.2) is 0 Å². The first kappa shape index (κ1) is 21.5. The fourth-order valence-electron chi connectivity index (χ4n) is 3.91. The lowest BCUT2D eigenvalue weighted by Gasteiger charge is -2.33. The van der Waals surface area contributed by atoms with Gasteiger partial charge in [0.25, 0.3) is 11.8 Å². The Morgan fingerprint density at radius 2 is 1.93 bits per heavy atom. The van der Waals surface area contributed by atoms with Crippen LogP contribution >= 0.6 is 11.3 Å². The maximum absolute atomic E-state index is 12.9. The molecule has 0 saturated carbocycles. The van der Waals surface area contributed by atoms with Gasteiger partial charge in [-0.2, -0.15) is 0 Å². The Morgan fingerprint density at radius 3 is 2.59 bits per heavy atom. The van der Waals surface area contributed by atoms with E-state index in [0.717, 1.165) is 30.4 Å². The summed E-state index contributed by atoms with van der Waals surface area (Å²) in [7, 11) is 0. The predicted octanol–water partition coefficient (Wildman–Crippen LogP) is 4.18. The first-order valence-electron chi connectivity index (χ1n) is 10.1. The number of fused-ring (bicyclic) bond motifs is 1. The number of aryl methyl sites for hydroxylation is 1. The number of anilines is 1. The van der Waals surface area contributed by atoms with Gasteiger partial charge in [-0.3, -0.25) is 9.59 Å². The van der Waals surface area contributed by atoms with E-state index in [9.17, 15) is 9.59 Å². The molecule has 2 aromatic rings. The van der Waals surface area contributed by atoms with E-state index in [1.807, 2.05) is 25.1 Å². The van der Waals surface area contributed by atoms with Gasteiger partial charge in [-0.15, -0.1) is 11.3 Å². The first-order valence-corrected chi connectivity index (χ1v) is 10.9. The van der Waals surface area contributed by atoms with Crippen molar-refractivity contribution in [2.24, 2.45) is 11.3 Å². The van der Waals surface area contributed by atoms with Gasteiger partial charge in [0.05, 0.1) is 12.2 Å². The lowest BCUT2D eigenvalue weighted by atomic mass is 9.72. The molecule has 5 nitrogen and oxygen atoms in total. The molecule has 1 aromatic heterocycles. The number of aliphatic hydroxyl groups excluding tert-OH is 1. The molecule has 3 rings (SSSR count). The standard InChI is InChI=1S/C23H30N2O3S/c1-14-7-5-6-8-16(14)20(27)25-22-19(21(28)24-11-12-26)17-10-9-15(23(2,3)4)13-18(17)29-22/h5-8,15,26H,9-13H2,1-4H3,(H,24,28)(H,25,27)/t15-/m0/s1. The molecule has 1 aliphatic rings. The maximum Gasteiger partial charge on any atom is 0.256 e. The van der Waals surface area contributed by atoms with Crippen molar-refractivity contribution in [1.82, 2.24) is 5.32 Å². The molecule has 0 bridgehead atoms. The van der Waals surface area contributed by atoms with E-state index in [1.165, 1.54) is 16.2 Å². The van der Waals surface area contributed by atoms with Gasteiger partial charge in [0, 0.05) is 17.0 Å². The molecule has 1 aromatic carbocycles. The van der Waals surface area contributed by atoms with E-state index < -0.39 is 0 Å². The molecule has 1 aliphatic carbocycles. The van der Waals surface area contributed by atoms with E-state index in [2.05, 4.69) is 31.4 Å². The molecule has 0 radical (unpaired) electrons. The van der Waals surface area contributed by atoms with Gasteiger partial charge in [-0.05, 0) is 54.7 Å². The molecule has 3 N–H and O–H groups in total. The molecule has 2 amide bonds. The molecular formula is C23H30N2O3S. The van der Waals surface area contributed by atoms with Crippen LogP contribution in [0.25, 0.3) is 0 Å². The average Bonchev–Trinajstić information content (AvgIpc) is 3.02. The number of carbonyl (C=O) groups excluding carboxylic acids is 2. The molecular weight excluding hydrogens is 384 g/mol. The van der Waals surface area contributed by atoms with Crippen LogP contribution in [0.4, 0.5) is 5.00 Å². The van der Waals surface area contributed by atoms with Crippen LogP contribution in [0.5, 0.6) is 0 Å². The van der Waals surface area contributed by atoms with Crippen LogP contribution in [0.1, 0.15) is 63.9 Å². The Kier molecular flexibility index (Phi) is 6.44. The quantitative estimate of drug-likeness (QED) is 0.687. The summed E-state index contributed by atoms with van der Waals surface area (Å²) in [6.45, 7) is 8.75. The zero-order valence-corrected chi connectivity index (χ0v) is 18.4. The molecule has 0 saturated heterocycles. The first-order chi connectivity index (χ1) is 13.7. The Balaban J connectivity index is 1.95. The number of hydrogen-bond acceptors (Lipinski definition) is 4. The van der Waals surface area contributed by atoms with Crippen molar-refractivity contribution in [3.63, 3.8) is 0 Å². The normalized spacial score (nSPS) is 16.2. The Bertz CT molecular complexity index is 911. The van der Waals surface area contributed by atoms with Gasteiger partial charge < -0.3 is 15.7 Å². The summed E-state index contributed by atoms with van der Waals surface area (Å²) >= 11 is 1.52. The summed E-state index contributed by atoms with van der Waals surface area (Å²) < 4.78 is 0. The van der Waals surface area contributed by atoms with E-state index in [4.69, 9.17) is 5.11 Å². The van der Waals surface area contributed by atoms with Crippen LogP contribution in [0.3, 0.4) is 0 Å². The number of amides is 2. The topological polar surface area (TPSA) is 78.4 Å². The lowest BCUT2D eigenvalue weighted by molar-refractivity contribution is 0.0944. The fourth-order valence-corrected chi connectivity index (χ4v) is 5.23. The molecule has 0 aliphatic heterocycles. The molecule has 156 valence electrons. The third-order valence-corrected chi connectivity index (χ3v) is 6.90. The number of nitrogens with one attached hydrogen (secondary N) is 2. The largest absolute Gasteiger partial charge is 0.395 e. The van der Waals surface area contributed by atoms with Crippen LogP contribution in [0, 0.1) is 18.3 Å². The minimum atomic E-state index is -0.231. The molecule has 0 unspecified atom stereocenters. The minimum Gasteiger partial charge on any atom is -0.395 e. The SMILES string of the molecule is Cc1ccccc1C(=O)Nc1sc2c(c1C(=O)NCCO)CC[C@H](C(C)(C)C)C2. The van der Waals surface area contributed by atoms with Crippen LogP contribution in [-0.2, 0) is 12.8 Å². The number of thiophene rings is 1. The number of aliphatic hydroxyl groups is 1. The van der Waals surface area contributed by atoms with Gasteiger partial charge in [-0.1, -0.05) is 39.0 Å². The zero-order valence-electron chi connectivity index (χ0n) is 17.6. The molecule has 1 heterocycles. The summed E-state index contributed by atoms with van der Waals surface area (Å²) in [5.74, 6) is 0.109.